The third-order valence-corrected chi connectivity index (χ3v) is 9.25. The zero-order chi connectivity index (χ0) is 26.6. The first kappa shape index (κ1) is 28.1. The minimum atomic E-state index is -3.80. The van der Waals surface area contributed by atoms with Crippen molar-refractivity contribution in [3.05, 3.63) is 60.2 Å². The molecule has 1 atom stereocenters. The Kier molecular flexibility index (Phi) is 8.81. The van der Waals surface area contributed by atoms with Crippen LogP contribution in [-0.2, 0) is 35.0 Å². The zero-order valence-electron chi connectivity index (χ0n) is 21.2. The number of sulfonamides is 2. The predicted octanol–water partition coefficient (Wildman–Crippen LogP) is 2.35. The number of ether oxygens (including phenoxy) is 1. The zero-order valence-corrected chi connectivity index (χ0v) is 22.8. The molecule has 0 radical (unpaired) electrons. The number of anilines is 1. The molecule has 198 valence electrons. The van der Waals surface area contributed by atoms with E-state index in [0.29, 0.717) is 19.6 Å². The molecule has 1 saturated heterocycles. The lowest BCUT2D eigenvalue weighted by Gasteiger charge is -2.30. The minimum absolute atomic E-state index is 0.0582. The summed E-state index contributed by atoms with van der Waals surface area (Å²) in [7, 11) is -7.51. The summed E-state index contributed by atoms with van der Waals surface area (Å²) in [5.41, 5.74) is 1.17. The second kappa shape index (κ2) is 11.3. The Balaban J connectivity index is 1.69. The van der Waals surface area contributed by atoms with Crippen LogP contribution in [0.15, 0.2) is 59.5 Å². The number of benzene rings is 2. The van der Waals surface area contributed by atoms with Crippen LogP contribution in [0.3, 0.4) is 0 Å². The lowest BCUT2D eigenvalue weighted by atomic mass is 9.79. The summed E-state index contributed by atoms with van der Waals surface area (Å²) in [6, 6.07) is 15.3. The molecule has 2 aromatic carbocycles. The van der Waals surface area contributed by atoms with Gasteiger partial charge >= 0.3 is 0 Å². The molecule has 1 N–H and O–H groups in total. The SMILES string of the molecule is CC(CC(C)(C)c1ccccc1)NC(=O)CN(c1ccc(S(=O)(=O)N2CCOCC2)cc1)S(C)(=O)=O. The van der Waals surface area contributed by atoms with Crippen molar-refractivity contribution in [3.63, 3.8) is 0 Å². The Bertz CT molecular complexity index is 1240. The number of nitrogens with zero attached hydrogens (tertiary/aromatic N) is 2. The summed E-state index contributed by atoms with van der Waals surface area (Å²) in [5.74, 6) is -0.443. The van der Waals surface area contributed by atoms with Gasteiger partial charge in [-0.2, -0.15) is 4.31 Å². The normalized spacial score (nSPS) is 16.3. The lowest BCUT2D eigenvalue weighted by molar-refractivity contribution is -0.120. The van der Waals surface area contributed by atoms with Crippen LogP contribution in [0.1, 0.15) is 32.8 Å². The predicted molar refractivity (Wildman–Crippen MR) is 140 cm³/mol. The standard InChI is InChI=1S/C25H35N3O6S2/c1-20(18-25(2,3)21-8-6-5-7-9-21)26-24(29)19-28(35(4,30)31)22-10-12-23(13-11-22)36(32,33)27-14-16-34-17-15-27/h5-13,20H,14-19H2,1-4H3,(H,26,29). The van der Waals surface area contributed by atoms with Crippen molar-refractivity contribution < 1.29 is 26.4 Å². The van der Waals surface area contributed by atoms with Crippen LogP contribution in [0.25, 0.3) is 0 Å². The number of carbonyl (C=O) groups is 1. The number of rotatable bonds is 10. The van der Waals surface area contributed by atoms with Gasteiger partial charge in [0.05, 0.1) is 30.1 Å². The highest BCUT2D eigenvalue weighted by atomic mass is 32.2. The van der Waals surface area contributed by atoms with E-state index < -0.39 is 32.5 Å². The average Bonchev–Trinajstić information content (AvgIpc) is 2.82. The number of amides is 1. The highest BCUT2D eigenvalue weighted by Crippen LogP contribution is 2.28. The molecular weight excluding hydrogens is 502 g/mol. The van der Waals surface area contributed by atoms with Gasteiger partial charge in [0.25, 0.3) is 0 Å². The second-order valence-corrected chi connectivity index (χ2v) is 13.5. The topological polar surface area (TPSA) is 113 Å². The summed E-state index contributed by atoms with van der Waals surface area (Å²) >= 11 is 0. The molecule has 1 heterocycles. The quantitative estimate of drug-likeness (QED) is 0.498. The Labute approximate surface area is 214 Å². The van der Waals surface area contributed by atoms with E-state index in [1.165, 1.54) is 28.6 Å². The van der Waals surface area contributed by atoms with Gasteiger partial charge in [0, 0.05) is 19.1 Å². The molecule has 0 saturated carbocycles. The molecule has 0 aromatic heterocycles. The summed E-state index contributed by atoms with van der Waals surface area (Å²) < 4.78 is 58.2. The van der Waals surface area contributed by atoms with E-state index in [4.69, 9.17) is 4.74 Å². The highest BCUT2D eigenvalue weighted by Gasteiger charge is 2.28. The maximum Gasteiger partial charge on any atom is 0.243 e. The summed E-state index contributed by atoms with van der Waals surface area (Å²) in [6.07, 6.45) is 1.68. The molecule has 0 bridgehead atoms. The molecule has 3 rings (SSSR count). The largest absolute Gasteiger partial charge is 0.379 e. The van der Waals surface area contributed by atoms with Crippen molar-refractivity contribution in [2.75, 3.05) is 43.4 Å². The summed E-state index contributed by atoms with van der Waals surface area (Å²) in [6.45, 7) is 6.85. The first-order chi connectivity index (χ1) is 16.8. The number of morpholine rings is 1. The number of hydrogen-bond acceptors (Lipinski definition) is 6. The first-order valence-corrected chi connectivity index (χ1v) is 15.1. The van der Waals surface area contributed by atoms with Gasteiger partial charge in [-0.3, -0.25) is 9.10 Å². The van der Waals surface area contributed by atoms with Gasteiger partial charge in [-0.25, -0.2) is 16.8 Å². The van der Waals surface area contributed by atoms with Gasteiger partial charge in [-0.1, -0.05) is 44.2 Å². The van der Waals surface area contributed by atoms with Crippen molar-refractivity contribution in [3.8, 4) is 0 Å². The van der Waals surface area contributed by atoms with Crippen LogP contribution < -0.4 is 9.62 Å². The van der Waals surface area contributed by atoms with E-state index in [1.54, 1.807) is 0 Å². The average molecular weight is 538 g/mol. The van der Waals surface area contributed by atoms with Gasteiger partial charge in [-0.15, -0.1) is 0 Å². The molecule has 0 aliphatic carbocycles. The lowest BCUT2D eigenvalue weighted by Crippen LogP contribution is -2.44. The molecule has 1 unspecified atom stereocenters. The molecule has 36 heavy (non-hydrogen) atoms. The monoisotopic (exact) mass is 537 g/mol. The van der Waals surface area contributed by atoms with E-state index in [2.05, 4.69) is 19.2 Å². The van der Waals surface area contributed by atoms with E-state index in [1.807, 2.05) is 37.3 Å². The third-order valence-electron chi connectivity index (χ3n) is 6.20. The molecule has 9 nitrogen and oxygen atoms in total. The molecule has 1 aliphatic heterocycles. The smallest absolute Gasteiger partial charge is 0.243 e. The van der Waals surface area contributed by atoms with Gasteiger partial charge in [0.15, 0.2) is 0 Å². The molecule has 11 heteroatoms. The van der Waals surface area contributed by atoms with Gasteiger partial charge in [0.1, 0.15) is 6.54 Å². The fraction of sp³-hybridized carbons (Fsp3) is 0.480. The molecule has 0 spiro atoms. The van der Waals surface area contributed by atoms with Crippen LogP contribution in [0.5, 0.6) is 0 Å². The van der Waals surface area contributed by atoms with Crippen LogP contribution >= 0.6 is 0 Å². The van der Waals surface area contributed by atoms with E-state index >= 15 is 0 Å². The molecule has 1 aliphatic rings. The molecular formula is C25H35N3O6S2. The third kappa shape index (κ3) is 7.06. The molecule has 2 aromatic rings. The van der Waals surface area contributed by atoms with Crippen molar-refractivity contribution in [2.24, 2.45) is 0 Å². The van der Waals surface area contributed by atoms with Crippen molar-refractivity contribution in [1.82, 2.24) is 9.62 Å². The van der Waals surface area contributed by atoms with Gasteiger partial charge in [0.2, 0.25) is 26.0 Å². The van der Waals surface area contributed by atoms with E-state index in [9.17, 15) is 21.6 Å². The maximum atomic E-state index is 12.9. The Hall–Kier alpha value is -2.47. The maximum absolute atomic E-state index is 12.9. The highest BCUT2D eigenvalue weighted by molar-refractivity contribution is 7.92. The van der Waals surface area contributed by atoms with Crippen molar-refractivity contribution in [1.29, 1.82) is 0 Å². The van der Waals surface area contributed by atoms with Gasteiger partial charge < -0.3 is 10.1 Å². The molecule has 1 amide bonds. The minimum Gasteiger partial charge on any atom is -0.379 e. The second-order valence-electron chi connectivity index (χ2n) is 9.70. The number of carbonyl (C=O) groups excluding carboxylic acids is 1. The molecule has 1 fully saturated rings. The fourth-order valence-corrected chi connectivity index (χ4v) is 6.66. The van der Waals surface area contributed by atoms with Crippen molar-refractivity contribution in [2.45, 2.75) is 43.5 Å². The Morgan fingerprint density at radius 2 is 1.61 bits per heavy atom. The Morgan fingerprint density at radius 3 is 2.17 bits per heavy atom. The van der Waals surface area contributed by atoms with Crippen LogP contribution in [0, 0.1) is 0 Å². The fourth-order valence-electron chi connectivity index (χ4n) is 4.40. The first-order valence-electron chi connectivity index (χ1n) is 11.8. The summed E-state index contributed by atoms with van der Waals surface area (Å²) in [4.78, 5) is 12.9. The van der Waals surface area contributed by atoms with E-state index in [-0.39, 0.29) is 35.1 Å². The number of hydrogen-bond donors (Lipinski definition) is 1. The number of nitrogens with one attached hydrogen (secondary N) is 1. The Morgan fingerprint density at radius 1 is 1.03 bits per heavy atom. The van der Waals surface area contributed by atoms with Crippen LogP contribution in [0.2, 0.25) is 0 Å². The summed E-state index contributed by atoms with van der Waals surface area (Å²) in [5, 5.41) is 2.90. The van der Waals surface area contributed by atoms with Crippen LogP contribution in [-0.4, -0.2) is 72.2 Å². The van der Waals surface area contributed by atoms with Gasteiger partial charge in [-0.05, 0) is 48.6 Å². The van der Waals surface area contributed by atoms with Crippen molar-refractivity contribution >= 4 is 31.6 Å². The van der Waals surface area contributed by atoms with E-state index in [0.717, 1.165) is 16.1 Å². The van der Waals surface area contributed by atoms with Crippen LogP contribution in [0.4, 0.5) is 5.69 Å².